The maximum Gasteiger partial charge on any atom is 0.352 e. The number of hydrogen-bond donors (Lipinski definition) is 6. The van der Waals surface area contributed by atoms with Gasteiger partial charge in [-0.3, -0.25) is 19.5 Å². The SMILES string of the molecule is NC(CCCCP(=O)(O)O)C(=O)O.[2H]c1c([N+](=O)[O-])ccc2[nH]c(C(=O)O)c([2H])c12. The van der Waals surface area contributed by atoms with Crippen molar-refractivity contribution in [3.8, 4) is 0 Å². The van der Waals surface area contributed by atoms with Gasteiger partial charge in [-0.2, -0.15) is 0 Å². The minimum Gasteiger partial charge on any atom is -0.480 e. The van der Waals surface area contributed by atoms with Crippen LogP contribution in [0.4, 0.5) is 5.69 Å². The molecule has 7 N–H and O–H groups in total. The molecule has 0 radical (unpaired) electrons. The summed E-state index contributed by atoms with van der Waals surface area (Å²) in [5, 5.41) is 27.7. The zero-order chi connectivity index (χ0) is 23.2. The van der Waals surface area contributed by atoms with Crippen LogP contribution in [0.2, 0.25) is 0 Å². The van der Waals surface area contributed by atoms with Gasteiger partial charge in [-0.1, -0.05) is 6.42 Å². The minimum absolute atomic E-state index is 0.0587. The number of carboxylic acids is 2. The van der Waals surface area contributed by atoms with Gasteiger partial charge < -0.3 is 30.7 Å². The smallest absolute Gasteiger partial charge is 0.352 e. The number of aromatic carboxylic acids is 1. The van der Waals surface area contributed by atoms with E-state index >= 15 is 0 Å². The van der Waals surface area contributed by atoms with E-state index in [1.165, 1.54) is 6.07 Å². The van der Waals surface area contributed by atoms with E-state index in [0.717, 1.165) is 6.07 Å². The molecule has 0 spiro atoms. The fourth-order valence-corrected chi connectivity index (χ4v) is 2.63. The molecule has 12 nitrogen and oxygen atoms in total. The molecule has 154 valence electrons. The zero-order valence-corrected chi connectivity index (χ0v) is 15.3. The summed E-state index contributed by atoms with van der Waals surface area (Å²) in [4.78, 5) is 50.2. The first-order valence-corrected chi connectivity index (χ1v) is 9.58. The molecule has 28 heavy (non-hydrogen) atoms. The monoisotopic (exact) mass is 419 g/mol. The number of carbonyl (C=O) groups is 2. The molecule has 0 saturated carbocycles. The Hall–Kier alpha value is -2.79. The maximum absolute atomic E-state index is 10.8. The van der Waals surface area contributed by atoms with Gasteiger partial charge in [0, 0.05) is 29.2 Å². The lowest BCUT2D eigenvalue weighted by Crippen LogP contribution is -2.29. The molecule has 13 heteroatoms. The van der Waals surface area contributed by atoms with E-state index in [4.69, 9.17) is 28.5 Å². The number of aromatic nitrogens is 1. The summed E-state index contributed by atoms with van der Waals surface area (Å²) in [6, 6.07) is 0.585. The van der Waals surface area contributed by atoms with Crippen molar-refractivity contribution in [2.45, 2.75) is 25.3 Å². The number of unbranched alkanes of at least 4 members (excludes halogenated alkanes) is 1. The molecule has 1 unspecified atom stereocenters. The number of hydrogen-bond acceptors (Lipinski definition) is 6. The Labute approximate surface area is 161 Å². The van der Waals surface area contributed by atoms with Gasteiger partial charge in [-0.05, 0) is 25.0 Å². The molecule has 0 amide bonds. The quantitative estimate of drug-likeness (QED) is 0.157. The molecule has 1 aromatic carbocycles. The largest absolute Gasteiger partial charge is 0.480 e. The van der Waals surface area contributed by atoms with Crippen LogP contribution in [0, 0.1) is 10.1 Å². The number of rotatable bonds is 8. The number of nitro benzene ring substituents is 1. The molecule has 0 aliphatic rings. The third kappa shape index (κ3) is 7.84. The zero-order valence-electron chi connectivity index (χ0n) is 16.4. The number of benzene rings is 1. The van der Waals surface area contributed by atoms with Crippen molar-refractivity contribution < 1.29 is 41.8 Å². The molecule has 2 rings (SSSR count). The Morgan fingerprint density at radius 2 is 1.93 bits per heavy atom. The van der Waals surface area contributed by atoms with Gasteiger partial charge in [0.15, 0.2) is 0 Å². The Bertz CT molecular complexity index is 993. The number of H-pyrrole nitrogens is 1. The predicted octanol–water partition coefficient (Wildman–Crippen LogP) is 1.52. The number of nitrogens with zero attached hydrogens (tertiary/aromatic N) is 1. The van der Waals surface area contributed by atoms with E-state index in [-0.39, 0.29) is 29.2 Å². The standard InChI is InChI=1S/C9H6N2O4.C6H14NO5P/c12-9(13)8-4-5-3-6(11(14)15)1-2-7(5)10-8;7-5(6(8)9)3-1-2-4-13(10,11)12/h1-4,10H,(H,12,13);5H,1-4,7H2,(H,8,9)(H2,10,11,12)/i3D,4D;. The first-order valence-electron chi connectivity index (χ1n) is 8.78. The Morgan fingerprint density at radius 1 is 1.29 bits per heavy atom. The third-order valence-corrected chi connectivity index (χ3v) is 4.28. The van der Waals surface area contributed by atoms with Crippen molar-refractivity contribution in [3.63, 3.8) is 0 Å². The van der Waals surface area contributed by atoms with E-state index in [1.807, 2.05) is 0 Å². The summed E-state index contributed by atoms with van der Waals surface area (Å²) in [5.74, 6) is -2.43. The van der Waals surface area contributed by atoms with Crippen LogP contribution in [-0.2, 0) is 9.36 Å². The molecule has 1 heterocycles. The van der Waals surface area contributed by atoms with Gasteiger partial charge in [-0.25, -0.2) is 4.79 Å². The second kappa shape index (κ2) is 9.95. The Kier molecular flexibility index (Phi) is 7.09. The Balaban J connectivity index is 0.000000314. The van der Waals surface area contributed by atoms with Crippen molar-refractivity contribution in [2.75, 3.05) is 6.16 Å². The number of aliphatic carboxylic acids is 1. The van der Waals surface area contributed by atoms with Gasteiger partial charge in [0.1, 0.15) is 11.7 Å². The molecule has 1 atom stereocenters. The molecule has 0 aliphatic carbocycles. The normalized spacial score (nSPS) is 13.1. The molecule has 0 aliphatic heterocycles. The van der Waals surface area contributed by atoms with Crippen molar-refractivity contribution >= 4 is 36.1 Å². The number of fused-ring (bicyclic) bond motifs is 1. The summed E-state index contributed by atoms with van der Waals surface area (Å²) in [7, 11) is -3.94. The molecular formula is C15H20N3O9P. The summed E-state index contributed by atoms with van der Waals surface area (Å²) >= 11 is 0. The number of nitrogens with two attached hydrogens (primary N) is 1. The number of carboxylic acid groups (broad SMARTS) is 2. The Morgan fingerprint density at radius 3 is 2.43 bits per heavy atom. The van der Waals surface area contributed by atoms with Crippen LogP contribution in [0.15, 0.2) is 24.2 Å². The molecule has 0 saturated heterocycles. The maximum atomic E-state index is 10.8. The van der Waals surface area contributed by atoms with Gasteiger partial charge >= 0.3 is 19.5 Å². The van der Waals surface area contributed by atoms with Crippen molar-refractivity contribution in [3.05, 3.63) is 40.0 Å². The molecule has 0 fully saturated rings. The van der Waals surface area contributed by atoms with E-state index in [0.29, 0.717) is 12.8 Å². The average molecular weight is 419 g/mol. The van der Waals surface area contributed by atoms with Gasteiger partial charge in [0.2, 0.25) is 0 Å². The fourth-order valence-electron chi connectivity index (χ4n) is 2.00. The first-order chi connectivity index (χ1) is 13.8. The second-order valence-electron chi connectivity index (χ2n) is 5.65. The third-order valence-electron chi connectivity index (χ3n) is 3.38. The van der Waals surface area contributed by atoms with Crippen LogP contribution >= 0.6 is 7.60 Å². The molecular weight excluding hydrogens is 397 g/mol. The van der Waals surface area contributed by atoms with E-state index in [1.54, 1.807) is 0 Å². The number of nitrogens with one attached hydrogen (secondary N) is 1. The van der Waals surface area contributed by atoms with Gasteiger partial charge in [0.25, 0.3) is 5.69 Å². The lowest BCUT2D eigenvalue weighted by molar-refractivity contribution is -0.384. The number of nitro groups is 1. The molecule has 0 bridgehead atoms. The average Bonchev–Trinajstić information content (AvgIpc) is 2.96. The van der Waals surface area contributed by atoms with E-state index < -0.39 is 48.3 Å². The van der Waals surface area contributed by atoms with Crippen LogP contribution in [0.1, 0.15) is 32.5 Å². The summed E-state index contributed by atoms with van der Waals surface area (Å²) < 4.78 is 25.5. The molecule has 2 aromatic rings. The highest BCUT2D eigenvalue weighted by molar-refractivity contribution is 7.51. The van der Waals surface area contributed by atoms with Gasteiger partial charge in [0.05, 0.1) is 7.66 Å². The van der Waals surface area contributed by atoms with Crippen LogP contribution in [0.3, 0.4) is 0 Å². The summed E-state index contributed by atoms with van der Waals surface area (Å²) in [6.07, 6.45) is 0.749. The first kappa shape index (κ1) is 20.0. The minimum atomic E-state index is -3.94. The highest BCUT2D eigenvalue weighted by Gasteiger charge is 2.14. The van der Waals surface area contributed by atoms with Gasteiger partial charge in [-0.15, -0.1) is 0 Å². The highest BCUT2D eigenvalue weighted by Crippen LogP contribution is 2.35. The van der Waals surface area contributed by atoms with Crippen molar-refractivity contribution in [2.24, 2.45) is 5.73 Å². The highest BCUT2D eigenvalue weighted by atomic mass is 31.2. The number of aromatic amines is 1. The fraction of sp³-hybridized carbons (Fsp3) is 0.333. The lowest BCUT2D eigenvalue weighted by Gasteiger charge is -2.06. The molecule has 1 aromatic heterocycles. The van der Waals surface area contributed by atoms with Crippen LogP contribution in [-0.4, -0.2) is 54.0 Å². The van der Waals surface area contributed by atoms with Crippen molar-refractivity contribution in [1.29, 1.82) is 0 Å². The summed E-state index contributed by atoms with van der Waals surface area (Å²) in [6.45, 7) is 0. The predicted molar refractivity (Wildman–Crippen MR) is 98.3 cm³/mol. The van der Waals surface area contributed by atoms with Crippen molar-refractivity contribution in [1.82, 2.24) is 4.98 Å². The second-order valence-corrected chi connectivity index (χ2v) is 7.42. The topological polar surface area (TPSA) is 217 Å². The van der Waals surface area contributed by atoms with Crippen LogP contribution in [0.25, 0.3) is 10.9 Å². The summed E-state index contributed by atoms with van der Waals surface area (Å²) in [5.41, 5.74) is 4.56. The lowest BCUT2D eigenvalue weighted by atomic mass is 10.1. The van der Waals surface area contributed by atoms with Crippen LogP contribution in [0.5, 0.6) is 0 Å². The van der Waals surface area contributed by atoms with E-state index in [9.17, 15) is 24.3 Å². The van der Waals surface area contributed by atoms with E-state index in [2.05, 4.69) is 4.98 Å². The van der Waals surface area contributed by atoms with Crippen LogP contribution < -0.4 is 5.73 Å².